The Morgan fingerprint density at radius 2 is 1.77 bits per heavy atom. The Hall–Kier alpha value is -1.07. The maximum absolute atomic E-state index is 12.3. The fourth-order valence-corrected chi connectivity index (χ4v) is 0.919. The normalized spacial score (nSPS) is 13.4. The molecule has 13 heavy (non-hydrogen) atoms. The molecule has 0 saturated carbocycles. The first-order chi connectivity index (χ1) is 5.73. The number of hydrogen-bond donors (Lipinski definition) is 0. The Labute approximate surface area is 73.6 Å². The summed E-state index contributed by atoms with van der Waals surface area (Å²) in [6, 6.07) is 0. The highest BCUT2D eigenvalue weighted by molar-refractivity contribution is 4.96. The molecule has 0 amide bonds. The molecule has 0 aromatic carbocycles. The highest BCUT2D eigenvalue weighted by Crippen LogP contribution is 2.30. The highest BCUT2D eigenvalue weighted by Gasteiger charge is 2.39. The molecule has 1 aromatic heterocycles. The Bertz CT molecular complexity index is 266. The lowest BCUT2D eigenvalue weighted by Gasteiger charge is -2.22. The van der Waals surface area contributed by atoms with Gasteiger partial charge in [-0.1, -0.05) is 0 Å². The summed E-state index contributed by atoms with van der Waals surface area (Å²) in [5.41, 5.74) is -0.658. The molecule has 0 atom stereocenters. The molecule has 0 aliphatic rings. The first kappa shape index (κ1) is 10.0. The van der Waals surface area contributed by atoms with Crippen LogP contribution in [0.2, 0.25) is 0 Å². The van der Waals surface area contributed by atoms with Crippen LogP contribution in [0.1, 0.15) is 26.6 Å². The molecule has 0 radical (unpaired) electrons. The molecule has 0 spiro atoms. The second-order valence-electron chi connectivity index (χ2n) is 3.69. The largest absolute Gasteiger partial charge is 0.451 e. The van der Waals surface area contributed by atoms with Crippen LogP contribution in [-0.2, 0) is 11.7 Å². The molecule has 6 heteroatoms. The highest BCUT2D eigenvalue weighted by atomic mass is 19.4. The summed E-state index contributed by atoms with van der Waals surface area (Å²) in [6.45, 7) is 4.97. The van der Waals surface area contributed by atoms with Crippen molar-refractivity contribution in [2.75, 3.05) is 0 Å². The second kappa shape index (κ2) is 2.71. The van der Waals surface area contributed by atoms with E-state index in [9.17, 15) is 13.2 Å². The van der Waals surface area contributed by atoms with Crippen molar-refractivity contribution in [1.29, 1.82) is 0 Å². The van der Waals surface area contributed by atoms with E-state index in [-0.39, 0.29) is 0 Å². The average molecular weight is 193 g/mol. The lowest BCUT2D eigenvalue weighted by molar-refractivity contribution is -0.149. The Kier molecular flexibility index (Phi) is 2.09. The molecular formula is C7H10F3N3. The van der Waals surface area contributed by atoms with E-state index < -0.39 is 17.5 Å². The van der Waals surface area contributed by atoms with Crippen molar-refractivity contribution < 1.29 is 13.2 Å². The SMILES string of the molecule is CC(C)(C)n1cnnc1C(F)(F)F. The quantitative estimate of drug-likeness (QED) is 0.631. The standard InChI is InChI=1S/C7H10F3N3/c1-6(2,3)13-4-11-12-5(13)7(8,9)10/h4H,1-3H3. The molecule has 0 fully saturated rings. The summed E-state index contributed by atoms with van der Waals surface area (Å²) in [4.78, 5) is 0. The van der Waals surface area contributed by atoms with E-state index in [2.05, 4.69) is 10.2 Å². The number of nitrogens with zero attached hydrogens (tertiary/aromatic N) is 3. The molecular weight excluding hydrogens is 183 g/mol. The number of rotatable bonds is 0. The smallest absolute Gasteiger partial charge is 0.305 e. The van der Waals surface area contributed by atoms with Crippen LogP contribution in [0.5, 0.6) is 0 Å². The number of aromatic nitrogens is 3. The van der Waals surface area contributed by atoms with Gasteiger partial charge < -0.3 is 4.57 Å². The summed E-state index contributed by atoms with van der Waals surface area (Å²) in [7, 11) is 0. The molecule has 74 valence electrons. The molecule has 1 aromatic rings. The average Bonchev–Trinajstić information content (AvgIpc) is 2.27. The van der Waals surface area contributed by atoms with Gasteiger partial charge in [0.05, 0.1) is 0 Å². The minimum atomic E-state index is -4.44. The topological polar surface area (TPSA) is 30.7 Å². The van der Waals surface area contributed by atoms with E-state index in [1.54, 1.807) is 20.8 Å². The second-order valence-corrected chi connectivity index (χ2v) is 3.69. The van der Waals surface area contributed by atoms with Crippen molar-refractivity contribution in [3.8, 4) is 0 Å². The van der Waals surface area contributed by atoms with Crippen LogP contribution in [0.4, 0.5) is 13.2 Å². The number of hydrogen-bond acceptors (Lipinski definition) is 2. The third-order valence-electron chi connectivity index (χ3n) is 1.52. The summed E-state index contributed by atoms with van der Waals surface area (Å²) in [5, 5.41) is 6.29. The Morgan fingerprint density at radius 1 is 1.23 bits per heavy atom. The van der Waals surface area contributed by atoms with Crippen molar-refractivity contribution in [1.82, 2.24) is 14.8 Å². The lowest BCUT2D eigenvalue weighted by Crippen LogP contribution is -2.27. The van der Waals surface area contributed by atoms with Gasteiger partial charge in [-0.25, -0.2) is 0 Å². The molecule has 3 nitrogen and oxygen atoms in total. The predicted octanol–water partition coefficient (Wildman–Crippen LogP) is 2.05. The van der Waals surface area contributed by atoms with Gasteiger partial charge in [-0.15, -0.1) is 10.2 Å². The van der Waals surface area contributed by atoms with Gasteiger partial charge in [-0.3, -0.25) is 0 Å². The third-order valence-corrected chi connectivity index (χ3v) is 1.52. The van der Waals surface area contributed by atoms with Crippen molar-refractivity contribution in [2.45, 2.75) is 32.5 Å². The maximum Gasteiger partial charge on any atom is 0.451 e. The van der Waals surface area contributed by atoms with Crippen LogP contribution in [0, 0.1) is 0 Å². The van der Waals surface area contributed by atoms with Gasteiger partial charge >= 0.3 is 6.18 Å². The minimum absolute atomic E-state index is 0.658. The third kappa shape index (κ3) is 1.99. The fourth-order valence-electron chi connectivity index (χ4n) is 0.919. The lowest BCUT2D eigenvalue weighted by atomic mass is 10.1. The van der Waals surface area contributed by atoms with E-state index in [0.717, 1.165) is 10.9 Å². The Morgan fingerprint density at radius 3 is 2.08 bits per heavy atom. The van der Waals surface area contributed by atoms with Crippen LogP contribution in [0.15, 0.2) is 6.33 Å². The van der Waals surface area contributed by atoms with E-state index in [0.29, 0.717) is 0 Å². The molecule has 0 N–H and O–H groups in total. The first-order valence-electron chi connectivity index (χ1n) is 3.70. The monoisotopic (exact) mass is 193 g/mol. The fraction of sp³-hybridized carbons (Fsp3) is 0.714. The molecule has 1 heterocycles. The van der Waals surface area contributed by atoms with E-state index in [1.807, 2.05) is 0 Å². The van der Waals surface area contributed by atoms with Gasteiger partial charge in [-0.05, 0) is 20.8 Å². The van der Waals surface area contributed by atoms with Crippen LogP contribution in [0.3, 0.4) is 0 Å². The minimum Gasteiger partial charge on any atom is -0.305 e. The van der Waals surface area contributed by atoms with E-state index in [1.165, 1.54) is 0 Å². The van der Waals surface area contributed by atoms with E-state index >= 15 is 0 Å². The summed E-state index contributed by atoms with van der Waals surface area (Å²) >= 11 is 0. The summed E-state index contributed by atoms with van der Waals surface area (Å²) in [6.07, 6.45) is -3.35. The summed E-state index contributed by atoms with van der Waals surface area (Å²) in [5.74, 6) is -0.958. The van der Waals surface area contributed by atoms with Crippen molar-refractivity contribution in [3.63, 3.8) is 0 Å². The van der Waals surface area contributed by atoms with Gasteiger partial charge in [0.2, 0.25) is 5.82 Å². The first-order valence-corrected chi connectivity index (χ1v) is 3.70. The van der Waals surface area contributed by atoms with Gasteiger partial charge in [0, 0.05) is 5.54 Å². The van der Waals surface area contributed by atoms with Crippen molar-refractivity contribution in [2.24, 2.45) is 0 Å². The van der Waals surface area contributed by atoms with Crippen LogP contribution in [-0.4, -0.2) is 14.8 Å². The summed E-state index contributed by atoms with van der Waals surface area (Å²) < 4.78 is 37.9. The van der Waals surface area contributed by atoms with Crippen molar-refractivity contribution in [3.05, 3.63) is 12.2 Å². The van der Waals surface area contributed by atoms with Gasteiger partial charge in [-0.2, -0.15) is 13.2 Å². The van der Waals surface area contributed by atoms with Gasteiger partial charge in [0.25, 0.3) is 0 Å². The van der Waals surface area contributed by atoms with Crippen LogP contribution >= 0.6 is 0 Å². The van der Waals surface area contributed by atoms with E-state index in [4.69, 9.17) is 0 Å². The Balaban J connectivity index is 3.19. The maximum atomic E-state index is 12.3. The number of alkyl halides is 3. The van der Waals surface area contributed by atoms with Crippen LogP contribution in [0.25, 0.3) is 0 Å². The molecule has 0 bridgehead atoms. The van der Waals surface area contributed by atoms with Gasteiger partial charge in [0.15, 0.2) is 0 Å². The zero-order valence-electron chi connectivity index (χ0n) is 7.55. The van der Waals surface area contributed by atoms with Crippen molar-refractivity contribution >= 4 is 0 Å². The zero-order valence-corrected chi connectivity index (χ0v) is 7.55. The molecule has 0 aliphatic carbocycles. The number of halogens is 3. The molecule has 0 aliphatic heterocycles. The predicted molar refractivity (Wildman–Crippen MR) is 40.0 cm³/mol. The van der Waals surface area contributed by atoms with Gasteiger partial charge in [0.1, 0.15) is 6.33 Å². The zero-order chi connectivity index (χ0) is 10.3. The molecule has 1 rings (SSSR count). The molecule has 0 saturated heterocycles. The van der Waals surface area contributed by atoms with Crippen LogP contribution < -0.4 is 0 Å². The molecule has 0 unspecified atom stereocenters.